The molecule has 2 nitrogen and oxygen atoms in total. The van der Waals surface area contributed by atoms with Crippen LogP contribution in [0.4, 0.5) is 0 Å². The summed E-state index contributed by atoms with van der Waals surface area (Å²) >= 11 is 0. The van der Waals surface area contributed by atoms with Crippen LogP contribution in [-0.2, 0) is 12.8 Å². The number of para-hydroxylation sites is 2. The number of hydrogen-bond donors (Lipinski definition) is 0. The van der Waals surface area contributed by atoms with Crippen LogP contribution < -0.4 is 9.47 Å². The molecule has 0 atom stereocenters. The Labute approximate surface area is 164 Å². The first-order valence-corrected chi connectivity index (χ1v) is 9.98. The second kappa shape index (κ2) is 12.8. The van der Waals surface area contributed by atoms with Gasteiger partial charge in [0.2, 0.25) is 0 Å². The fourth-order valence-electron chi connectivity index (χ4n) is 3.04. The molecule has 0 unspecified atom stereocenters. The van der Waals surface area contributed by atoms with Crippen LogP contribution in [0.2, 0.25) is 0 Å². The van der Waals surface area contributed by atoms with E-state index in [2.05, 4.69) is 25.3 Å². The Bertz CT molecular complexity index is 631. The largest absolute Gasteiger partial charge is 0.493 e. The molecule has 0 aliphatic rings. The lowest BCUT2D eigenvalue weighted by molar-refractivity contribution is 0.291. The highest BCUT2D eigenvalue weighted by Crippen LogP contribution is 2.20. The summed E-state index contributed by atoms with van der Waals surface area (Å²) in [6.07, 6.45) is 11.3. The van der Waals surface area contributed by atoms with Gasteiger partial charge in [-0.05, 0) is 48.9 Å². The molecule has 2 aromatic carbocycles. The summed E-state index contributed by atoms with van der Waals surface area (Å²) < 4.78 is 11.9. The molecule has 0 amide bonds. The third kappa shape index (κ3) is 7.74. The van der Waals surface area contributed by atoms with E-state index in [0.29, 0.717) is 0 Å². The van der Waals surface area contributed by atoms with Gasteiger partial charge in [-0.2, -0.15) is 0 Å². The standard InChI is InChI=1S/C25H32O2/c1-3-14-22-16-8-10-18-24(22)26-20-12-6-5-7-13-21-27-25-19-11-9-17-23(25)15-4-2/h3-4,8-11,16-19H,1-2,5-7,12-15,20-21H2. The first-order valence-electron chi connectivity index (χ1n) is 9.98. The Morgan fingerprint density at radius 2 is 1.00 bits per heavy atom. The quantitative estimate of drug-likeness (QED) is 0.279. The molecular weight excluding hydrogens is 332 g/mol. The predicted molar refractivity (Wildman–Crippen MR) is 115 cm³/mol. The molecule has 0 heterocycles. The smallest absolute Gasteiger partial charge is 0.122 e. The SMILES string of the molecule is C=CCc1ccccc1OCCCCCCCOc1ccccc1CC=C. The maximum atomic E-state index is 5.93. The summed E-state index contributed by atoms with van der Waals surface area (Å²) in [7, 11) is 0. The van der Waals surface area contributed by atoms with Crippen molar-refractivity contribution in [3.63, 3.8) is 0 Å². The molecule has 0 aromatic heterocycles. The van der Waals surface area contributed by atoms with Gasteiger partial charge in [0.05, 0.1) is 13.2 Å². The van der Waals surface area contributed by atoms with Crippen molar-refractivity contribution >= 4 is 0 Å². The Morgan fingerprint density at radius 3 is 1.44 bits per heavy atom. The van der Waals surface area contributed by atoms with E-state index in [-0.39, 0.29) is 0 Å². The van der Waals surface area contributed by atoms with Gasteiger partial charge >= 0.3 is 0 Å². The van der Waals surface area contributed by atoms with Crippen LogP contribution >= 0.6 is 0 Å². The topological polar surface area (TPSA) is 18.5 Å². The Morgan fingerprint density at radius 1 is 0.593 bits per heavy atom. The third-order valence-electron chi connectivity index (χ3n) is 4.48. The fraction of sp³-hybridized carbons (Fsp3) is 0.360. The molecule has 0 saturated carbocycles. The van der Waals surface area contributed by atoms with Gasteiger partial charge in [0.1, 0.15) is 11.5 Å². The number of benzene rings is 2. The number of rotatable bonds is 14. The molecule has 0 radical (unpaired) electrons. The number of ether oxygens (including phenoxy) is 2. The first-order chi connectivity index (χ1) is 13.3. The predicted octanol–water partition coefficient (Wildman–Crippen LogP) is 6.55. The molecule has 2 rings (SSSR count). The normalized spacial score (nSPS) is 10.4. The average molecular weight is 365 g/mol. The molecule has 27 heavy (non-hydrogen) atoms. The van der Waals surface area contributed by atoms with E-state index < -0.39 is 0 Å². The van der Waals surface area contributed by atoms with Crippen molar-refractivity contribution in [3.05, 3.63) is 85.0 Å². The number of hydrogen-bond acceptors (Lipinski definition) is 2. The lowest BCUT2D eigenvalue weighted by atomic mass is 10.1. The van der Waals surface area contributed by atoms with Crippen molar-refractivity contribution in [3.8, 4) is 11.5 Å². The van der Waals surface area contributed by atoms with Gasteiger partial charge in [0.15, 0.2) is 0 Å². The van der Waals surface area contributed by atoms with Gasteiger partial charge in [0, 0.05) is 0 Å². The highest BCUT2D eigenvalue weighted by atomic mass is 16.5. The lowest BCUT2D eigenvalue weighted by Crippen LogP contribution is -2.01. The molecular formula is C25H32O2. The number of unbranched alkanes of at least 4 members (excludes halogenated alkanes) is 4. The fourth-order valence-corrected chi connectivity index (χ4v) is 3.04. The lowest BCUT2D eigenvalue weighted by Gasteiger charge is -2.11. The summed E-state index contributed by atoms with van der Waals surface area (Å²) in [6, 6.07) is 16.4. The Hall–Kier alpha value is -2.48. The van der Waals surface area contributed by atoms with Crippen molar-refractivity contribution in [1.82, 2.24) is 0 Å². The molecule has 0 spiro atoms. The summed E-state index contributed by atoms with van der Waals surface area (Å²) in [5.74, 6) is 1.98. The van der Waals surface area contributed by atoms with Crippen molar-refractivity contribution < 1.29 is 9.47 Å². The van der Waals surface area contributed by atoms with E-state index in [1.165, 1.54) is 30.4 Å². The summed E-state index contributed by atoms with van der Waals surface area (Å²) in [5, 5.41) is 0. The van der Waals surface area contributed by atoms with Gasteiger partial charge in [-0.15, -0.1) is 13.2 Å². The van der Waals surface area contributed by atoms with Crippen LogP contribution in [0, 0.1) is 0 Å². The summed E-state index contributed by atoms with van der Waals surface area (Å²) in [6.45, 7) is 9.17. The van der Waals surface area contributed by atoms with Crippen LogP contribution in [0.1, 0.15) is 43.2 Å². The van der Waals surface area contributed by atoms with Gasteiger partial charge in [-0.1, -0.05) is 67.8 Å². The van der Waals surface area contributed by atoms with Gasteiger partial charge in [-0.3, -0.25) is 0 Å². The van der Waals surface area contributed by atoms with E-state index in [1.54, 1.807) is 0 Å². The monoisotopic (exact) mass is 364 g/mol. The maximum absolute atomic E-state index is 5.93. The van der Waals surface area contributed by atoms with Crippen molar-refractivity contribution in [2.24, 2.45) is 0 Å². The van der Waals surface area contributed by atoms with Gasteiger partial charge in [0.25, 0.3) is 0 Å². The second-order valence-electron chi connectivity index (χ2n) is 6.67. The van der Waals surface area contributed by atoms with Crippen LogP contribution in [0.3, 0.4) is 0 Å². The minimum absolute atomic E-state index is 0.777. The summed E-state index contributed by atoms with van der Waals surface area (Å²) in [5.41, 5.74) is 2.42. The molecule has 0 fully saturated rings. The highest BCUT2D eigenvalue weighted by molar-refractivity contribution is 5.35. The van der Waals surface area contributed by atoms with Gasteiger partial charge < -0.3 is 9.47 Å². The highest BCUT2D eigenvalue weighted by Gasteiger charge is 2.02. The van der Waals surface area contributed by atoms with E-state index in [1.807, 2.05) is 48.6 Å². The van der Waals surface area contributed by atoms with E-state index >= 15 is 0 Å². The average Bonchev–Trinajstić information content (AvgIpc) is 2.69. The first kappa shape index (κ1) is 20.8. The molecule has 0 bridgehead atoms. The zero-order chi connectivity index (χ0) is 19.2. The van der Waals surface area contributed by atoms with Crippen molar-refractivity contribution in [1.29, 1.82) is 0 Å². The molecule has 0 aliphatic carbocycles. The number of allylic oxidation sites excluding steroid dienone is 2. The minimum atomic E-state index is 0.777. The zero-order valence-corrected chi connectivity index (χ0v) is 16.4. The molecule has 0 N–H and O–H groups in total. The molecule has 0 saturated heterocycles. The molecule has 2 aromatic rings. The van der Waals surface area contributed by atoms with Crippen molar-refractivity contribution in [2.75, 3.05) is 13.2 Å². The van der Waals surface area contributed by atoms with Gasteiger partial charge in [-0.25, -0.2) is 0 Å². The Balaban J connectivity index is 1.54. The zero-order valence-electron chi connectivity index (χ0n) is 16.4. The minimum Gasteiger partial charge on any atom is -0.493 e. The van der Waals surface area contributed by atoms with Crippen LogP contribution in [0.15, 0.2) is 73.8 Å². The van der Waals surface area contributed by atoms with Crippen molar-refractivity contribution in [2.45, 2.75) is 44.9 Å². The molecule has 0 aliphatic heterocycles. The molecule has 144 valence electrons. The maximum Gasteiger partial charge on any atom is 0.122 e. The van der Waals surface area contributed by atoms with Crippen LogP contribution in [0.25, 0.3) is 0 Å². The van der Waals surface area contributed by atoms with E-state index in [0.717, 1.165) is 50.4 Å². The van der Waals surface area contributed by atoms with Crippen LogP contribution in [-0.4, -0.2) is 13.2 Å². The van der Waals surface area contributed by atoms with E-state index in [9.17, 15) is 0 Å². The second-order valence-corrected chi connectivity index (χ2v) is 6.67. The van der Waals surface area contributed by atoms with Crippen LogP contribution in [0.5, 0.6) is 11.5 Å². The van der Waals surface area contributed by atoms with E-state index in [4.69, 9.17) is 9.47 Å². The third-order valence-corrected chi connectivity index (χ3v) is 4.48. The Kier molecular flexibility index (Phi) is 9.88. The molecule has 2 heteroatoms. The summed E-state index contributed by atoms with van der Waals surface area (Å²) in [4.78, 5) is 0.